The first-order valence-corrected chi connectivity index (χ1v) is 8.93. The zero-order valence-corrected chi connectivity index (χ0v) is 13.6. The molecule has 0 aromatic heterocycles. The van der Waals surface area contributed by atoms with E-state index in [1.54, 1.807) is 26.4 Å². The molecule has 1 amide bonds. The Balaban J connectivity index is 1.86. The molecule has 122 valence electrons. The third kappa shape index (κ3) is 4.37. The van der Waals surface area contributed by atoms with Gasteiger partial charge in [0.2, 0.25) is 5.91 Å². The van der Waals surface area contributed by atoms with Crippen molar-refractivity contribution < 1.29 is 22.7 Å². The van der Waals surface area contributed by atoms with Crippen LogP contribution >= 0.6 is 0 Å². The zero-order chi connectivity index (χ0) is 16.2. The number of carbonyl (C=O) groups is 1. The standard InChI is InChI=1S/C15H21NO5S/c1-20-13-4-3-11(7-14(13)21-2)9-16-15(17)8-12-5-6-22(18,19)10-12/h3-4,7,12H,5-6,8-10H2,1-2H3,(H,16,17). The van der Waals surface area contributed by atoms with Crippen LogP contribution in [-0.4, -0.2) is 40.1 Å². The molecular weight excluding hydrogens is 306 g/mol. The van der Waals surface area contributed by atoms with E-state index in [0.717, 1.165) is 5.56 Å². The van der Waals surface area contributed by atoms with Crippen molar-refractivity contribution in [3.8, 4) is 11.5 Å². The highest BCUT2D eigenvalue weighted by atomic mass is 32.2. The average Bonchev–Trinajstić information content (AvgIpc) is 2.83. The van der Waals surface area contributed by atoms with Crippen LogP contribution < -0.4 is 14.8 Å². The van der Waals surface area contributed by atoms with E-state index in [0.29, 0.717) is 24.5 Å². The fraction of sp³-hybridized carbons (Fsp3) is 0.533. The lowest BCUT2D eigenvalue weighted by atomic mass is 10.0. The lowest BCUT2D eigenvalue weighted by Crippen LogP contribution is -2.25. The van der Waals surface area contributed by atoms with Gasteiger partial charge in [-0.05, 0) is 30.0 Å². The van der Waals surface area contributed by atoms with Crippen LogP contribution in [0.25, 0.3) is 0 Å². The van der Waals surface area contributed by atoms with E-state index in [2.05, 4.69) is 5.32 Å². The molecule has 1 aromatic carbocycles. The minimum atomic E-state index is -2.94. The maximum Gasteiger partial charge on any atom is 0.220 e. The summed E-state index contributed by atoms with van der Waals surface area (Å²) >= 11 is 0. The molecule has 0 bridgehead atoms. The molecule has 0 aliphatic carbocycles. The van der Waals surface area contributed by atoms with Crippen molar-refractivity contribution in [2.75, 3.05) is 25.7 Å². The van der Waals surface area contributed by atoms with Crippen molar-refractivity contribution in [2.24, 2.45) is 5.92 Å². The summed E-state index contributed by atoms with van der Waals surface area (Å²) in [6.45, 7) is 0.374. The Bertz CT molecular complexity index is 641. The van der Waals surface area contributed by atoms with E-state index < -0.39 is 9.84 Å². The number of sulfone groups is 1. The molecule has 1 aliphatic rings. The summed E-state index contributed by atoms with van der Waals surface area (Å²) < 4.78 is 33.1. The van der Waals surface area contributed by atoms with Gasteiger partial charge in [0.25, 0.3) is 0 Å². The van der Waals surface area contributed by atoms with E-state index in [-0.39, 0.29) is 29.8 Å². The molecule has 0 saturated carbocycles. The van der Waals surface area contributed by atoms with Crippen LogP contribution in [0, 0.1) is 5.92 Å². The fourth-order valence-electron chi connectivity index (χ4n) is 2.56. The molecule has 1 unspecified atom stereocenters. The Morgan fingerprint density at radius 1 is 1.27 bits per heavy atom. The van der Waals surface area contributed by atoms with Gasteiger partial charge in [0.1, 0.15) is 0 Å². The second kappa shape index (κ2) is 7.00. The number of nitrogens with one attached hydrogen (secondary N) is 1. The van der Waals surface area contributed by atoms with Crippen molar-refractivity contribution in [3.63, 3.8) is 0 Å². The van der Waals surface area contributed by atoms with Gasteiger partial charge in [-0.1, -0.05) is 6.07 Å². The highest BCUT2D eigenvalue weighted by molar-refractivity contribution is 7.91. The first-order chi connectivity index (χ1) is 10.4. The van der Waals surface area contributed by atoms with Crippen LogP contribution in [0.2, 0.25) is 0 Å². The number of carbonyl (C=O) groups excluding carboxylic acids is 1. The van der Waals surface area contributed by atoms with Crippen LogP contribution in [0.1, 0.15) is 18.4 Å². The lowest BCUT2D eigenvalue weighted by molar-refractivity contribution is -0.122. The van der Waals surface area contributed by atoms with Crippen LogP contribution in [-0.2, 0) is 21.2 Å². The molecule has 1 N–H and O–H groups in total. The van der Waals surface area contributed by atoms with Gasteiger partial charge in [0, 0.05) is 13.0 Å². The van der Waals surface area contributed by atoms with Crippen molar-refractivity contribution in [1.82, 2.24) is 5.32 Å². The Morgan fingerprint density at radius 3 is 2.59 bits per heavy atom. The molecule has 1 aromatic rings. The normalized spacial score (nSPS) is 19.6. The van der Waals surface area contributed by atoms with E-state index >= 15 is 0 Å². The van der Waals surface area contributed by atoms with E-state index in [4.69, 9.17) is 9.47 Å². The van der Waals surface area contributed by atoms with Crippen molar-refractivity contribution in [2.45, 2.75) is 19.4 Å². The Kier molecular flexibility index (Phi) is 5.28. The third-order valence-electron chi connectivity index (χ3n) is 3.74. The second-order valence-electron chi connectivity index (χ2n) is 5.44. The maximum atomic E-state index is 11.9. The number of methoxy groups -OCH3 is 2. The van der Waals surface area contributed by atoms with Gasteiger partial charge in [-0.2, -0.15) is 0 Å². The van der Waals surface area contributed by atoms with Gasteiger partial charge in [-0.3, -0.25) is 4.79 Å². The smallest absolute Gasteiger partial charge is 0.220 e. The first-order valence-electron chi connectivity index (χ1n) is 7.11. The monoisotopic (exact) mass is 327 g/mol. The molecule has 1 atom stereocenters. The van der Waals surface area contributed by atoms with E-state index in [9.17, 15) is 13.2 Å². The van der Waals surface area contributed by atoms with Gasteiger partial charge in [0.15, 0.2) is 21.3 Å². The van der Waals surface area contributed by atoms with Crippen LogP contribution in [0.15, 0.2) is 18.2 Å². The van der Waals surface area contributed by atoms with E-state index in [1.807, 2.05) is 6.07 Å². The summed E-state index contributed by atoms with van der Waals surface area (Å²) in [4.78, 5) is 11.9. The van der Waals surface area contributed by atoms with Crippen LogP contribution in [0.4, 0.5) is 0 Å². The molecule has 1 aliphatic heterocycles. The summed E-state index contributed by atoms with van der Waals surface area (Å²) in [7, 11) is 0.185. The maximum absolute atomic E-state index is 11.9. The number of amides is 1. The molecule has 22 heavy (non-hydrogen) atoms. The average molecular weight is 327 g/mol. The van der Waals surface area contributed by atoms with Gasteiger partial charge in [-0.15, -0.1) is 0 Å². The molecule has 2 rings (SSSR count). The Labute approximate surface area is 130 Å². The zero-order valence-electron chi connectivity index (χ0n) is 12.8. The van der Waals surface area contributed by atoms with Crippen LogP contribution in [0.3, 0.4) is 0 Å². The second-order valence-corrected chi connectivity index (χ2v) is 7.67. The van der Waals surface area contributed by atoms with E-state index in [1.165, 1.54) is 0 Å². The largest absolute Gasteiger partial charge is 0.493 e. The van der Waals surface area contributed by atoms with Crippen molar-refractivity contribution >= 4 is 15.7 Å². The van der Waals surface area contributed by atoms with Crippen molar-refractivity contribution in [1.29, 1.82) is 0 Å². The summed E-state index contributed by atoms with van der Waals surface area (Å²) in [6.07, 6.45) is 0.832. The minimum Gasteiger partial charge on any atom is -0.493 e. The predicted octanol–water partition coefficient (Wildman–Crippen LogP) is 1.14. The molecule has 1 fully saturated rings. The lowest BCUT2D eigenvalue weighted by Gasteiger charge is -2.11. The molecule has 0 spiro atoms. The third-order valence-corrected chi connectivity index (χ3v) is 5.58. The number of ether oxygens (including phenoxy) is 2. The topological polar surface area (TPSA) is 81.7 Å². The van der Waals surface area contributed by atoms with Crippen LogP contribution in [0.5, 0.6) is 11.5 Å². The highest BCUT2D eigenvalue weighted by Gasteiger charge is 2.29. The summed E-state index contributed by atoms with van der Waals surface area (Å²) in [5, 5.41) is 2.81. The molecular formula is C15H21NO5S. The first kappa shape index (κ1) is 16.6. The Hall–Kier alpha value is -1.76. The summed E-state index contributed by atoms with van der Waals surface area (Å²) in [6, 6.07) is 5.44. The highest BCUT2D eigenvalue weighted by Crippen LogP contribution is 2.27. The van der Waals surface area contributed by atoms with Gasteiger partial charge >= 0.3 is 0 Å². The molecule has 1 heterocycles. The Morgan fingerprint density at radius 2 is 2.00 bits per heavy atom. The SMILES string of the molecule is COc1ccc(CNC(=O)CC2CCS(=O)(=O)C2)cc1OC. The number of benzene rings is 1. The quantitative estimate of drug-likeness (QED) is 0.847. The predicted molar refractivity (Wildman–Crippen MR) is 82.8 cm³/mol. The fourth-order valence-corrected chi connectivity index (χ4v) is 4.42. The summed E-state index contributed by atoms with van der Waals surface area (Å²) in [5.74, 6) is 1.37. The molecule has 1 saturated heterocycles. The molecule has 7 heteroatoms. The van der Waals surface area contributed by atoms with Crippen molar-refractivity contribution in [3.05, 3.63) is 23.8 Å². The summed E-state index contributed by atoms with van der Waals surface area (Å²) in [5.41, 5.74) is 0.894. The number of hydrogen-bond acceptors (Lipinski definition) is 5. The van der Waals surface area contributed by atoms with Gasteiger partial charge in [-0.25, -0.2) is 8.42 Å². The number of hydrogen-bond donors (Lipinski definition) is 1. The minimum absolute atomic E-state index is 0.0598. The van der Waals surface area contributed by atoms with Gasteiger partial charge < -0.3 is 14.8 Å². The molecule has 6 nitrogen and oxygen atoms in total. The van der Waals surface area contributed by atoms with Gasteiger partial charge in [0.05, 0.1) is 25.7 Å². The number of rotatable bonds is 6. The molecule has 0 radical (unpaired) electrons.